The van der Waals surface area contributed by atoms with E-state index in [-0.39, 0.29) is 24.6 Å². The number of thiocarbonyl (C=S) groups is 1. The summed E-state index contributed by atoms with van der Waals surface area (Å²) >= 11 is 6.65. The maximum Gasteiger partial charge on any atom is 0.220 e. The molecule has 1 aromatic rings. The standard InChI is InChI=1S/C16H20O4S2/c1-16(2)19-12-9-11(17-14(12)20-16)13(18-15(21)22-3)10-7-5-4-6-8-10/h4-8,11-14H,9H2,1-3H3/t11-,12-,13+,14-/m1/s1. The van der Waals surface area contributed by atoms with Crippen molar-refractivity contribution < 1.29 is 18.9 Å². The molecule has 1 aromatic carbocycles. The van der Waals surface area contributed by atoms with E-state index in [2.05, 4.69) is 0 Å². The molecule has 2 saturated heterocycles. The van der Waals surface area contributed by atoms with Crippen molar-refractivity contribution >= 4 is 28.4 Å². The van der Waals surface area contributed by atoms with E-state index in [1.54, 1.807) is 0 Å². The van der Waals surface area contributed by atoms with E-state index in [4.69, 9.17) is 31.2 Å². The maximum absolute atomic E-state index is 6.04. The van der Waals surface area contributed by atoms with Gasteiger partial charge < -0.3 is 18.9 Å². The average molecular weight is 340 g/mol. The van der Waals surface area contributed by atoms with E-state index >= 15 is 0 Å². The number of hydrogen-bond donors (Lipinski definition) is 0. The largest absolute Gasteiger partial charge is 0.468 e. The number of thioether (sulfide) groups is 1. The first-order valence-corrected chi connectivity index (χ1v) is 8.92. The van der Waals surface area contributed by atoms with Crippen LogP contribution in [0.3, 0.4) is 0 Å². The van der Waals surface area contributed by atoms with Crippen LogP contribution in [0.2, 0.25) is 0 Å². The van der Waals surface area contributed by atoms with Crippen molar-refractivity contribution in [1.29, 1.82) is 0 Å². The Morgan fingerprint density at radius 1 is 1.32 bits per heavy atom. The van der Waals surface area contributed by atoms with Crippen molar-refractivity contribution in [3.63, 3.8) is 0 Å². The highest BCUT2D eigenvalue weighted by atomic mass is 32.2. The molecule has 0 saturated carbocycles. The van der Waals surface area contributed by atoms with E-state index in [0.29, 0.717) is 4.38 Å². The molecule has 0 aliphatic carbocycles. The molecule has 0 spiro atoms. The van der Waals surface area contributed by atoms with Crippen LogP contribution in [0.15, 0.2) is 30.3 Å². The van der Waals surface area contributed by atoms with Gasteiger partial charge in [-0.25, -0.2) is 0 Å². The van der Waals surface area contributed by atoms with Gasteiger partial charge in [0, 0.05) is 6.42 Å². The monoisotopic (exact) mass is 340 g/mol. The van der Waals surface area contributed by atoms with Gasteiger partial charge in [-0.3, -0.25) is 0 Å². The first-order valence-electron chi connectivity index (χ1n) is 7.29. The van der Waals surface area contributed by atoms with Crippen LogP contribution in [0.4, 0.5) is 0 Å². The van der Waals surface area contributed by atoms with Gasteiger partial charge in [0.2, 0.25) is 4.38 Å². The summed E-state index contributed by atoms with van der Waals surface area (Å²) in [6.45, 7) is 3.80. The molecule has 3 rings (SSSR count). The molecule has 2 aliphatic rings. The number of ether oxygens (including phenoxy) is 4. The van der Waals surface area contributed by atoms with Gasteiger partial charge in [-0.05, 0) is 37.9 Å². The van der Waals surface area contributed by atoms with E-state index in [1.807, 2.05) is 50.4 Å². The van der Waals surface area contributed by atoms with Gasteiger partial charge in [0.25, 0.3) is 0 Å². The van der Waals surface area contributed by atoms with Gasteiger partial charge in [-0.2, -0.15) is 0 Å². The minimum atomic E-state index is -0.585. The summed E-state index contributed by atoms with van der Waals surface area (Å²) in [5.41, 5.74) is 1.04. The first-order chi connectivity index (χ1) is 10.5. The molecule has 0 bridgehead atoms. The number of benzene rings is 1. The van der Waals surface area contributed by atoms with Crippen molar-refractivity contribution in [2.45, 2.75) is 50.7 Å². The molecular formula is C16H20O4S2. The minimum absolute atomic E-state index is 0.0577. The summed E-state index contributed by atoms with van der Waals surface area (Å²) in [6, 6.07) is 10.00. The maximum atomic E-state index is 6.04. The molecule has 2 heterocycles. The van der Waals surface area contributed by atoms with Crippen LogP contribution >= 0.6 is 24.0 Å². The van der Waals surface area contributed by atoms with Gasteiger partial charge in [0.15, 0.2) is 18.2 Å². The number of hydrogen-bond acceptors (Lipinski definition) is 6. The summed E-state index contributed by atoms with van der Waals surface area (Å²) in [6.07, 6.45) is 1.85. The van der Waals surface area contributed by atoms with Gasteiger partial charge in [0.05, 0.1) is 0 Å². The lowest BCUT2D eigenvalue weighted by Gasteiger charge is -2.27. The first kappa shape index (κ1) is 16.2. The molecular weight excluding hydrogens is 320 g/mol. The Balaban J connectivity index is 1.75. The molecule has 0 radical (unpaired) electrons. The lowest BCUT2D eigenvalue weighted by atomic mass is 10.0. The van der Waals surface area contributed by atoms with E-state index in [1.165, 1.54) is 11.8 Å². The Bertz CT molecular complexity index is 518. The van der Waals surface area contributed by atoms with Crippen molar-refractivity contribution in [2.75, 3.05) is 6.26 Å². The zero-order chi connectivity index (χ0) is 15.7. The van der Waals surface area contributed by atoms with Gasteiger partial charge >= 0.3 is 0 Å². The molecule has 4 atom stereocenters. The third kappa shape index (κ3) is 3.46. The highest BCUT2D eigenvalue weighted by Crippen LogP contribution is 2.42. The molecule has 6 heteroatoms. The third-order valence-corrected chi connectivity index (χ3v) is 4.79. The second-order valence-corrected chi connectivity index (χ2v) is 7.26. The fourth-order valence-electron chi connectivity index (χ4n) is 2.88. The molecule has 4 nitrogen and oxygen atoms in total. The Morgan fingerprint density at radius 2 is 2.05 bits per heavy atom. The Morgan fingerprint density at radius 3 is 2.68 bits per heavy atom. The van der Waals surface area contributed by atoms with Crippen LogP contribution in [0.1, 0.15) is 31.9 Å². The van der Waals surface area contributed by atoms with Crippen LogP contribution in [-0.4, -0.2) is 34.9 Å². The van der Waals surface area contributed by atoms with Crippen LogP contribution in [0.5, 0.6) is 0 Å². The van der Waals surface area contributed by atoms with Gasteiger partial charge in [0.1, 0.15) is 12.2 Å². The van der Waals surface area contributed by atoms with Crippen molar-refractivity contribution in [3.8, 4) is 0 Å². The third-order valence-electron chi connectivity index (χ3n) is 3.77. The van der Waals surface area contributed by atoms with Crippen molar-refractivity contribution in [2.24, 2.45) is 0 Å². The van der Waals surface area contributed by atoms with Gasteiger partial charge in [-0.1, -0.05) is 42.1 Å². The number of fused-ring (bicyclic) bond motifs is 1. The molecule has 22 heavy (non-hydrogen) atoms. The zero-order valence-electron chi connectivity index (χ0n) is 12.9. The van der Waals surface area contributed by atoms with Crippen LogP contribution in [0, 0.1) is 0 Å². The minimum Gasteiger partial charge on any atom is -0.468 e. The Kier molecular flexibility index (Phi) is 4.75. The molecule has 0 N–H and O–H groups in total. The van der Waals surface area contributed by atoms with Gasteiger partial charge in [-0.15, -0.1) is 0 Å². The van der Waals surface area contributed by atoms with Crippen molar-refractivity contribution in [1.82, 2.24) is 0 Å². The van der Waals surface area contributed by atoms with E-state index < -0.39 is 5.79 Å². The van der Waals surface area contributed by atoms with Crippen LogP contribution in [0.25, 0.3) is 0 Å². The van der Waals surface area contributed by atoms with Crippen molar-refractivity contribution in [3.05, 3.63) is 35.9 Å². The fraction of sp³-hybridized carbons (Fsp3) is 0.562. The summed E-state index contributed by atoms with van der Waals surface area (Å²) < 4.78 is 24.2. The Labute approximate surface area is 140 Å². The lowest BCUT2D eigenvalue weighted by molar-refractivity contribution is -0.213. The summed E-state index contributed by atoms with van der Waals surface area (Å²) in [4.78, 5) is 0. The SMILES string of the molecule is CSC(=S)O[C@@H](c1ccccc1)[C@H]1C[C@H]2OC(C)(C)O[C@H]2O1. The van der Waals surface area contributed by atoms with Crippen LogP contribution < -0.4 is 0 Å². The molecule has 0 aromatic heterocycles. The Hall–Kier alpha value is -0.660. The summed E-state index contributed by atoms with van der Waals surface area (Å²) in [5, 5.41) is 0. The highest BCUT2D eigenvalue weighted by Gasteiger charge is 2.51. The summed E-state index contributed by atoms with van der Waals surface area (Å²) in [5.74, 6) is -0.585. The van der Waals surface area contributed by atoms with Crippen LogP contribution in [-0.2, 0) is 18.9 Å². The quantitative estimate of drug-likeness (QED) is 0.782. The van der Waals surface area contributed by atoms with E-state index in [9.17, 15) is 0 Å². The molecule has 120 valence electrons. The highest BCUT2D eigenvalue weighted by molar-refractivity contribution is 8.22. The summed E-state index contributed by atoms with van der Waals surface area (Å²) in [7, 11) is 0. The molecule has 0 unspecified atom stereocenters. The zero-order valence-corrected chi connectivity index (χ0v) is 14.5. The molecule has 2 aliphatic heterocycles. The topological polar surface area (TPSA) is 36.9 Å². The second-order valence-electron chi connectivity index (χ2n) is 5.86. The van der Waals surface area contributed by atoms with E-state index in [0.717, 1.165) is 12.0 Å². The number of rotatable bonds is 3. The second kappa shape index (κ2) is 6.45. The fourth-order valence-corrected chi connectivity index (χ4v) is 3.19. The average Bonchev–Trinajstić information content (AvgIpc) is 2.98. The molecule has 2 fully saturated rings. The lowest BCUT2D eigenvalue weighted by Crippen LogP contribution is -2.28. The molecule has 0 amide bonds. The normalized spacial score (nSPS) is 30.8. The predicted octanol–water partition coefficient (Wildman–Crippen LogP) is 3.66. The predicted molar refractivity (Wildman–Crippen MR) is 89.7 cm³/mol. The smallest absolute Gasteiger partial charge is 0.220 e.